The van der Waals surface area contributed by atoms with Crippen LogP contribution < -0.4 is 5.73 Å². The van der Waals surface area contributed by atoms with Crippen LogP contribution in [0.1, 0.15) is 22.8 Å². The summed E-state index contributed by atoms with van der Waals surface area (Å²) in [5.41, 5.74) is 10.9. The monoisotopic (exact) mass is 303 g/mol. The van der Waals surface area contributed by atoms with E-state index in [-0.39, 0.29) is 0 Å². The quantitative estimate of drug-likeness (QED) is 0.534. The average Bonchev–Trinajstić information content (AvgIpc) is 2.94. The van der Waals surface area contributed by atoms with E-state index in [0.29, 0.717) is 5.69 Å². The number of nitrogens with two attached hydrogens (primary N) is 1. The van der Waals surface area contributed by atoms with Gasteiger partial charge >= 0.3 is 0 Å². The number of fused-ring (bicyclic) bond motifs is 3. The van der Waals surface area contributed by atoms with E-state index < -0.39 is 6.10 Å². The molecule has 0 saturated heterocycles. The summed E-state index contributed by atoms with van der Waals surface area (Å²) in [6.45, 7) is 1.95. The molecule has 3 nitrogen and oxygen atoms in total. The molecular weight excluding hydrogens is 286 g/mol. The molecule has 0 bridgehead atoms. The second kappa shape index (κ2) is 5.14. The van der Waals surface area contributed by atoms with Gasteiger partial charge in [-0.2, -0.15) is 0 Å². The summed E-state index contributed by atoms with van der Waals surface area (Å²) >= 11 is 0. The molecule has 23 heavy (non-hydrogen) atoms. The van der Waals surface area contributed by atoms with Crippen LogP contribution in [0.4, 0.5) is 5.69 Å². The minimum atomic E-state index is -0.726. The van der Waals surface area contributed by atoms with Crippen molar-refractivity contribution >= 4 is 27.6 Å². The van der Waals surface area contributed by atoms with Crippen molar-refractivity contribution in [1.82, 2.24) is 0 Å². The van der Waals surface area contributed by atoms with Crippen LogP contribution in [-0.4, -0.2) is 5.11 Å². The Morgan fingerprint density at radius 3 is 2.39 bits per heavy atom. The molecule has 1 atom stereocenters. The summed E-state index contributed by atoms with van der Waals surface area (Å²) in [5.74, 6) is 0. The van der Waals surface area contributed by atoms with Crippen molar-refractivity contribution in [2.75, 3.05) is 5.73 Å². The van der Waals surface area contributed by atoms with Crippen LogP contribution in [0.5, 0.6) is 0 Å². The number of aliphatic hydroxyl groups is 1. The average molecular weight is 303 g/mol. The summed E-state index contributed by atoms with van der Waals surface area (Å²) in [7, 11) is 0. The first-order chi connectivity index (χ1) is 11.1. The number of rotatable bonds is 2. The number of anilines is 1. The van der Waals surface area contributed by atoms with Gasteiger partial charge in [-0.15, -0.1) is 0 Å². The van der Waals surface area contributed by atoms with Gasteiger partial charge in [0.15, 0.2) is 0 Å². The number of nitrogen functional groups attached to an aromatic ring is 1. The molecule has 0 saturated carbocycles. The third-order valence-corrected chi connectivity index (χ3v) is 4.34. The minimum absolute atomic E-state index is 0.686. The van der Waals surface area contributed by atoms with Crippen molar-refractivity contribution in [2.24, 2.45) is 0 Å². The fraction of sp³-hybridized carbons (Fsp3) is 0.100. The highest BCUT2D eigenvalue weighted by molar-refractivity contribution is 6.04. The Labute approximate surface area is 134 Å². The van der Waals surface area contributed by atoms with Gasteiger partial charge in [0.05, 0.1) is 0 Å². The summed E-state index contributed by atoms with van der Waals surface area (Å²) in [6.07, 6.45) is -0.726. The lowest BCUT2D eigenvalue weighted by atomic mass is 9.98. The molecule has 1 aromatic heterocycles. The van der Waals surface area contributed by atoms with Crippen molar-refractivity contribution in [3.63, 3.8) is 0 Å². The summed E-state index contributed by atoms with van der Waals surface area (Å²) in [5, 5.41) is 12.8. The predicted octanol–water partition coefficient (Wildman–Crippen LogP) is 4.56. The molecule has 114 valence electrons. The van der Waals surface area contributed by atoms with E-state index in [1.807, 2.05) is 67.6 Å². The zero-order valence-electron chi connectivity index (χ0n) is 12.8. The van der Waals surface area contributed by atoms with Crippen LogP contribution in [0.2, 0.25) is 0 Å². The highest BCUT2D eigenvalue weighted by atomic mass is 16.3. The van der Waals surface area contributed by atoms with Crippen LogP contribution >= 0.6 is 0 Å². The molecule has 0 aliphatic carbocycles. The van der Waals surface area contributed by atoms with Crippen molar-refractivity contribution in [3.8, 4) is 0 Å². The van der Waals surface area contributed by atoms with Gasteiger partial charge in [0.2, 0.25) is 0 Å². The molecule has 3 aromatic carbocycles. The van der Waals surface area contributed by atoms with Crippen LogP contribution in [0.15, 0.2) is 65.1 Å². The maximum Gasteiger partial charge on any atom is 0.135 e. The number of hydrogen-bond donors (Lipinski definition) is 2. The smallest absolute Gasteiger partial charge is 0.135 e. The van der Waals surface area contributed by atoms with E-state index in [2.05, 4.69) is 0 Å². The molecule has 3 N–H and O–H groups in total. The SMILES string of the molecule is Cc1ccc([C@@H](O)c2ccc3c(c2)oc2ccccc23)cc1N. The van der Waals surface area contributed by atoms with Crippen LogP contribution in [0.25, 0.3) is 21.9 Å². The van der Waals surface area contributed by atoms with Gasteiger partial charge in [0.1, 0.15) is 17.3 Å². The molecule has 0 spiro atoms. The second-order valence-corrected chi connectivity index (χ2v) is 5.87. The molecule has 0 aliphatic rings. The van der Waals surface area contributed by atoms with E-state index in [4.69, 9.17) is 10.2 Å². The molecule has 0 amide bonds. The summed E-state index contributed by atoms with van der Waals surface area (Å²) in [6, 6.07) is 19.4. The molecule has 1 heterocycles. The fourth-order valence-corrected chi connectivity index (χ4v) is 2.93. The van der Waals surface area contributed by atoms with Crippen LogP contribution in [-0.2, 0) is 0 Å². The van der Waals surface area contributed by atoms with Crippen molar-refractivity contribution in [1.29, 1.82) is 0 Å². The normalized spacial score (nSPS) is 12.8. The van der Waals surface area contributed by atoms with E-state index >= 15 is 0 Å². The zero-order chi connectivity index (χ0) is 16.0. The van der Waals surface area contributed by atoms with Crippen molar-refractivity contribution in [3.05, 3.63) is 77.4 Å². The first-order valence-electron chi connectivity index (χ1n) is 7.59. The molecule has 0 fully saturated rings. The highest BCUT2D eigenvalue weighted by Crippen LogP contribution is 2.32. The lowest BCUT2D eigenvalue weighted by Gasteiger charge is -2.13. The largest absolute Gasteiger partial charge is 0.456 e. The Morgan fingerprint density at radius 1 is 0.870 bits per heavy atom. The third kappa shape index (κ3) is 2.26. The van der Waals surface area contributed by atoms with Gasteiger partial charge in [0.25, 0.3) is 0 Å². The number of hydrogen-bond acceptors (Lipinski definition) is 3. The zero-order valence-corrected chi connectivity index (χ0v) is 12.8. The number of benzene rings is 3. The highest BCUT2D eigenvalue weighted by Gasteiger charge is 2.14. The van der Waals surface area contributed by atoms with Gasteiger partial charge in [0, 0.05) is 16.5 Å². The Hall–Kier alpha value is -2.78. The number of aliphatic hydroxyl groups excluding tert-OH is 1. The topological polar surface area (TPSA) is 59.4 Å². The maximum absolute atomic E-state index is 10.6. The van der Waals surface area contributed by atoms with Gasteiger partial charge in [-0.25, -0.2) is 0 Å². The predicted molar refractivity (Wildman–Crippen MR) is 93.4 cm³/mol. The van der Waals surface area contributed by atoms with E-state index in [1.54, 1.807) is 0 Å². The summed E-state index contributed by atoms with van der Waals surface area (Å²) < 4.78 is 5.89. The molecule has 3 heteroatoms. The number of aryl methyl sites for hydroxylation is 1. The molecule has 4 aromatic rings. The van der Waals surface area contributed by atoms with Gasteiger partial charge in [-0.05, 0) is 41.8 Å². The molecule has 0 radical (unpaired) electrons. The third-order valence-electron chi connectivity index (χ3n) is 4.34. The van der Waals surface area contributed by atoms with E-state index in [9.17, 15) is 5.11 Å². The Morgan fingerprint density at radius 2 is 1.57 bits per heavy atom. The maximum atomic E-state index is 10.6. The molecule has 0 unspecified atom stereocenters. The Balaban J connectivity index is 1.81. The van der Waals surface area contributed by atoms with Gasteiger partial charge in [-0.1, -0.05) is 42.5 Å². The first-order valence-corrected chi connectivity index (χ1v) is 7.59. The van der Waals surface area contributed by atoms with Crippen LogP contribution in [0, 0.1) is 6.92 Å². The first kappa shape index (κ1) is 13.9. The standard InChI is InChI=1S/C20H17NO2/c1-12-6-7-13(10-17(12)21)20(22)14-8-9-16-15-4-2-3-5-18(15)23-19(16)11-14/h2-11,20,22H,21H2,1H3/t20-/m1/s1. The van der Waals surface area contributed by atoms with E-state index in [0.717, 1.165) is 38.6 Å². The fourth-order valence-electron chi connectivity index (χ4n) is 2.93. The Bertz CT molecular complexity index is 1020. The molecular formula is C20H17NO2. The second-order valence-electron chi connectivity index (χ2n) is 5.87. The number of furan rings is 1. The van der Waals surface area contributed by atoms with Crippen molar-refractivity contribution < 1.29 is 9.52 Å². The molecule has 0 aliphatic heterocycles. The number of para-hydroxylation sites is 1. The van der Waals surface area contributed by atoms with Gasteiger partial charge < -0.3 is 15.3 Å². The molecule has 4 rings (SSSR count). The summed E-state index contributed by atoms with van der Waals surface area (Å²) in [4.78, 5) is 0. The minimum Gasteiger partial charge on any atom is -0.456 e. The van der Waals surface area contributed by atoms with E-state index in [1.165, 1.54) is 0 Å². The lowest BCUT2D eigenvalue weighted by molar-refractivity contribution is 0.220. The van der Waals surface area contributed by atoms with Gasteiger partial charge in [-0.3, -0.25) is 0 Å². The lowest BCUT2D eigenvalue weighted by Crippen LogP contribution is -2.01. The van der Waals surface area contributed by atoms with Crippen LogP contribution in [0.3, 0.4) is 0 Å². The van der Waals surface area contributed by atoms with Crippen molar-refractivity contribution in [2.45, 2.75) is 13.0 Å². The Kier molecular flexibility index (Phi) is 3.10.